The molecule has 0 spiro atoms. The Kier molecular flexibility index (Phi) is 3.99. The number of rotatable bonds is 4. The van der Waals surface area contributed by atoms with E-state index in [1.54, 1.807) is 0 Å². The van der Waals surface area contributed by atoms with Gasteiger partial charge in [0.15, 0.2) is 0 Å². The van der Waals surface area contributed by atoms with Gasteiger partial charge in [-0.2, -0.15) is 0 Å². The molecule has 25 heavy (non-hydrogen) atoms. The molecule has 2 saturated carbocycles. The van der Waals surface area contributed by atoms with Crippen molar-refractivity contribution < 1.29 is 5.11 Å². The second kappa shape index (κ2) is 6.06. The maximum Gasteiger partial charge on any atom is 0.334 e. The van der Waals surface area contributed by atoms with Crippen LogP contribution in [0, 0.1) is 0 Å². The van der Waals surface area contributed by atoms with Gasteiger partial charge < -0.3 is 5.11 Å². The van der Waals surface area contributed by atoms with Crippen molar-refractivity contribution in [3.63, 3.8) is 0 Å². The maximum atomic E-state index is 12.9. The van der Waals surface area contributed by atoms with Crippen molar-refractivity contribution in [1.82, 2.24) is 9.13 Å². The second-order valence-electron chi connectivity index (χ2n) is 7.30. The lowest BCUT2D eigenvalue weighted by Crippen LogP contribution is -2.42. The average molecular weight is 361 g/mol. The van der Waals surface area contributed by atoms with Crippen LogP contribution in [-0.4, -0.2) is 14.2 Å². The molecule has 2 aliphatic carbocycles. The fourth-order valence-corrected chi connectivity index (χ4v) is 4.15. The van der Waals surface area contributed by atoms with Crippen LogP contribution in [0.4, 0.5) is 0 Å². The molecule has 2 aliphatic rings. The lowest BCUT2D eigenvalue weighted by atomic mass is 9.96. The lowest BCUT2D eigenvalue weighted by Gasteiger charge is -2.21. The van der Waals surface area contributed by atoms with E-state index in [2.05, 4.69) is 0 Å². The molecule has 1 N–H and O–H groups in total. The molecule has 1 aromatic heterocycles. The van der Waals surface area contributed by atoms with Gasteiger partial charge in [-0.25, -0.2) is 4.79 Å². The quantitative estimate of drug-likeness (QED) is 0.910. The molecule has 0 radical (unpaired) electrons. The van der Waals surface area contributed by atoms with Gasteiger partial charge in [0.1, 0.15) is 0 Å². The van der Waals surface area contributed by atoms with Gasteiger partial charge in [-0.3, -0.25) is 13.9 Å². The zero-order chi connectivity index (χ0) is 17.6. The number of benzene rings is 1. The monoisotopic (exact) mass is 360 g/mol. The van der Waals surface area contributed by atoms with Crippen LogP contribution in [0.3, 0.4) is 0 Å². The van der Waals surface area contributed by atoms with Gasteiger partial charge in [0.05, 0.1) is 6.07 Å². The van der Waals surface area contributed by atoms with Gasteiger partial charge in [-0.1, -0.05) is 36.6 Å². The van der Waals surface area contributed by atoms with E-state index in [0.717, 1.165) is 44.1 Å². The van der Waals surface area contributed by atoms with Crippen molar-refractivity contribution in [3.8, 4) is 5.88 Å². The van der Waals surface area contributed by atoms with Crippen LogP contribution in [0.2, 0.25) is 5.02 Å². The fraction of sp³-hybridized carbons (Fsp3) is 0.474. The predicted molar refractivity (Wildman–Crippen MR) is 96.5 cm³/mol. The molecule has 0 unspecified atom stereocenters. The van der Waals surface area contributed by atoms with Gasteiger partial charge >= 0.3 is 5.69 Å². The molecule has 0 atom stereocenters. The minimum atomic E-state index is -0.401. The van der Waals surface area contributed by atoms with Crippen molar-refractivity contribution in [2.45, 2.75) is 56.5 Å². The number of hydrogen-bond acceptors (Lipinski definition) is 3. The minimum absolute atomic E-state index is 0.0439. The Morgan fingerprint density at radius 3 is 2.36 bits per heavy atom. The zero-order valence-electron chi connectivity index (χ0n) is 13.9. The number of halogens is 1. The number of aromatic hydroxyl groups is 1. The van der Waals surface area contributed by atoms with E-state index in [9.17, 15) is 14.7 Å². The topological polar surface area (TPSA) is 64.2 Å². The second-order valence-corrected chi connectivity index (χ2v) is 7.74. The standard InChI is InChI=1S/C19H21ClN2O3/c20-14-7-5-13(6-8-14)19(9-10-19)12-21-16(23)11-17(24)22(18(21)25)15-3-1-2-4-15/h5-8,11,15,23H,1-4,9-10,12H2. The van der Waals surface area contributed by atoms with Gasteiger partial charge in [-0.15, -0.1) is 0 Å². The van der Waals surface area contributed by atoms with E-state index in [1.165, 1.54) is 15.2 Å². The normalized spacial score (nSPS) is 19.2. The summed E-state index contributed by atoms with van der Waals surface area (Å²) in [4.78, 5) is 25.2. The SMILES string of the molecule is O=c1cc(O)n(CC2(c3ccc(Cl)cc3)CC2)c(=O)n1C1CCCC1. The molecule has 5 nitrogen and oxygen atoms in total. The highest BCUT2D eigenvalue weighted by molar-refractivity contribution is 6.30. The number of aromatic nitrogens is 2. The first-order chi connectivity index (χ1) is 12.0. The van der Waals surface area contributed by atoms with Crippen molar-refractivity contribution >= 4 is 11.6 Å². The van der Waals surface area contributed by atoms with E-state index < -0.39 is 11.2 Å². The summed E-state index contributed by atoms with van der Waals surface area (Å²) >= 11 is 5.97. The average Bonchev–Trinajstić information content (AvgIpc) is 3.17. The van der Waals surface area contributed by atoms with Gasteiger partial charge in [0.25, 0.3) is 5.56 Å². The van der Waals surface area contributed by atoms with Crippen LogP contribution >= 0.6 is 11.6 Å². The van der Waals surface area contributed by atoms with Crippen LogP contribution in [-0.2, 0) is 12.0 Å². The zero-order valence-corrected chi connectivity index (χ0v) is 14.7. The van der Waals surface area contributed by atoms with Crippen LogP contribution < -0.4 is 11.2 Å². The lowest BCUT2D eigenvalue weighted by molar-refractivity contribution is 0.356. The van der Waals surface area contributed by atoms with E-state index in [0.29, 0.717) is 11.6 Å². The maximum absolute atomic E-state index is 12.9. The smallest absolute Gasteiger partial charge is 0.334 e. The first-order valence-corrected chi connectivity index (χ1v) is 9.19. The highest BCUT2D eigenvalue weighted by atomic mass is 35.5. The molecule has 0 bridgehead atoms. The molecular formula is C19H21ClN2O3. The Morgan fingerprint density at radius 1 is 1.12 bits per heavy atom. The van der Waals surface area contributed by atoms with Gasteiger partial charge in [0.2, 0.25) is 5.88 Å². The first kappa shape index (κ1) is 16.5. The molecule has 0 amide bonds. The third-order valence-corrected chi connectivity index (χ3v) is 5.92. The van der Waals surface area contributed by atoms with E-state index in [1.807, 2.05) is 24.3 Å². The molecule has 2 aromatic rings. The summed E-state index contributed by atoms with van der Waals surface area (Å²) in [6, 6.07) is 8.78. The van der Waals surface area contributed by atoms with Crippen molar-refractivity contribution in [2.75, 3.05) is 0 Å². The van der Waals surface area contributed by atoms with E-state index in [-0.39, 0.29) is 17.3 Å². The summed E-state index contributed by atoms with van der Waals surface area (Å²) in [5.74, 6) is -0.246. The third-order valence-electron chi connectivity index (χ3n) is 5.66. The Labute approximate surface area is 150 Å². The summed E-state index contributed by atoms with van der Waals surface area (Å²) in [5, 5.41) is 10.9. The van der Waals surface area contributed by atoms with Gasteiger partial charge in [-0.05, 0) is 43.4 Å². The Balaban J connectivity index is 1.73. The van der Waals surface area contributed by atoms with Gasteiger partial charge in [0, 0.05) is 23.0 Å². The largest absolute Gasteiger partial charge is 0.494 e. The Morgan fingerprint density at radius 2 is 1.76 bits per heavy atom. The van der Waals surface area contributed by atoms with Crippen LogP contribution in [0.25, 0.3) is 0 Å². The summed E-state index contributed by atoms with van der Waals surface area (Å²) in [6.07, 6.45) is 5.66. The summed E-state index contributed by atoms with van der Waals surface area (Å²) in [6.45, 7) is 0.381. The number of hydrogen-bond donors (Lipinski definition) is 1. The van der Waals surface area contributed by atoms with E-state index >= 15 is 0 Å². The highest BCUT2D eigenvalue weighted by Crippen LogP contribution is 2.49. The summed E-state index contributed by atoms with van der Waals surface area (Å²) in [7, 11) is 0. The molecule has 1 heterocycles. The molecule has 6 heteroatoms. The summed E-state index contributed by atoms with van der Waals surface area (Å²) in [5.41, 5.74) is 0.157. The predicted octanol–water partition coefficient (Wildman–Crippen LogP) is 3.22. The molecule has 4 rings (SSSR count). The minimum Gasteiger partial charge on any atom is -0.494 e. The van der Waals surface area contributed by atoms with Crippen molar-refractivity contribution in [3.05, 3.63) is 61.8 Å². The molecule has 0 aliphatic heterocycles. The van der Waals surface area contributed by atoms with Crippen molar-refractivity contribution in [1.29, 1.82) is 0 Å². The van der Waals surface area contributed by atoms with Crippen LogP contribution in [0.15, 0.2) is 39.9 Å². The molecule has 2 fully saturated rings. The molecule has 1 aromatic carbocycles. The highest BCUT2D eigenvalue weighted by Gasteiger charge is 2.45. The Hall–Kier alpha value is -2.01. The third kappa shape index (κ3) is 2.91. The number of nitrogens with zero attached hydrogens (tertiary/aromatic N) is 2. The van der Waals surface area contributed by atoms with Crippen LogP contribution in [0.1, 0.15) is 50.1 Å². The van der Waals surface area contributed by atoms with E-state index in [4.69, 9.17) is 11.6 Å². The van der Waals surface area contributed by atoms with Crippen LogP contribution in [0.5, 0.6) is 5.88 Å². The van der Waals surface area contributed by atoms with Crippen molar-refractivity contribution in [2.24, 2.45) is 0 Å². The fourth-order valence-electron chi connectivity index (χ4n) is 4.02. The molecule has 0 saturated heterocycles. The first-order valence-electron chi connectivity index (χ1n) is 8.82. The summed E-state index contributed by atoms with van der Waals surface area (Å²) < 4.78 is 2.70. The Bertz CT molecular complexity index is 904. The molecular weight excluding hydrogens is 340 g/mol. The molecule has 132 valence electrons.